The third-order valence-corrected chi connectivity index (χ3v) is 5.21. The highest BCUT2D eigenvalue weighted by molar-refractivity contribution is 7.89. The Morgan fingerprint density at radius 3 is 2.71 bits per heavy atom. The molecular formula is C16H15N3O4S. The SMILES string of the molecule is Cc1oc(C(=O)Nc2ccccc2C#N)cc1S(=O)(=O)NC1CC1. The van der Waals surface area contributed by atoms with Gasteiger partial charge in [0.15, 0.2) is 5.76 Å². The molecule has 0 radical (unpaired) electrons. The number of rotatable bonds is 5. The average molecular weight is 345 g/mol. The summed E-state index contributed by atoms with van der Waals surface area (Å²) in [7, 11) is -3.70. The van der Waals surface area contributed by atoms with E-state index in [1.807, 2.05) is 6.07 Å². The van der Waals surface area contributed by atoms with Crippen LogP contribution in [0.5, 0.6) is 0 Å². The minimum atomic E-state index is -3.70. The summed E-state index contributed by atoms with van der Waals surface area (Å²) >= 11 is 0. The molecule has 2 N–H and O–H groups in total. The van der Waals surface area contributed by atoms with Crippen molar-refractivity contribution in [3.05, 3.63) is 47.4 Å². The lowest BCUT2D eigenvalue weighted by Gasteiger charge is -2.04. The standard InChI is InChI=1S/C16H15N3O4S/c1-10-15(24(21,22)19-12-6-7-12)8-14(23-10)16(20)18-13-5-3-2-4-11(13)9-17/h2-5,8,12,19H,6-7H2,1H3,(H,18,20). The molecule has 1 amide bonds. The lowest BCUT2D eigenvalue weighted by molar-refractivity contribution is 0.0995. The largest absolute Gasteiger partial charge is 0.455 e. The van der Waals surface area contributed by atoms with Gasteiger partial charge in [0.05, 0.1) is 11.3 Å². The number of anilines is 1. The number of benzene rings is 1. The number of nitrogens with one attached hydrogen (secondary N) is 2. The minimum absolute atomic E-state index is 0.0379. The number of para-hydroxylation sites is 1. The molecule has 1 saturated carbocycles. The normalized spacial score (nSPS) is 14.2. The lowest BCUT2D eigenvalue weighted by atomic mass is 10.2. The van der Waals surface area contributed by atoms with Crippen LogP contribution in [0, 0.1) is 18.3 Å². The van der Waals surface area contributed by atoms with Crippen molar-refractivity contribution in [3.8, 4) is 6.07 Å². The molecule has 8 heteroatoms. The molecule has 3 rings (SSSR count). The molecule has 1 fully saturated rings. The van der Waals surface area contributed by atoms with Crippen LogP contribution in [0.2, 0.25) is 0 Å². The van der Waals surface area contributed by atoms with Gasteiger partial charge < -0.3 is 9.73 Å². The number of nitriles is 1. The van der Waals surface area contributed by atoms with Gasteiger partial charge in [-0.1, -0.05) is 12.1 Å². The fraction of sp³-hybridized carbons (Fsp3) is 0.250. The van der Waals surface area contributed by atoms with Gasteiger partial charge in [-0.2, -0.15) is 5.26 Å². The first-order valence-electron chi connectivity index (χ1n) is 7.34. The van der Waals surface area contributed by atoms with Crippen LogP contribution in [-0.2, 0) is 10.0 Å². The van der Waals surface area contributed by atoms with Crippen LogP contribution >= 0.6 is 0 Å². The number of aryl methyl sites for hydroxylation is 1. The second-order valence-electron chi connectivity index (χ2n) is 5.54. The number of nitrogens with zero attached hydrogens (tertiary/aromatic N) is 1. The topological polar surface area (TPSA) is 112 Å². The highest BCUT2D eigenvalue weighted by atomic mass is 32.2. The maximum atomic E-state index is 12.3. The molecule has 1 aliphatic rings. The summed E-state index contributed by atoms with van der Waals surface area (Å²) < 4.78 is 32.3. The number of furan rings is 1. The first-order valence-corrected chi connectivity index (χ1v) is 8.82. The monoisotopic (exact) mass is 345 g/mol. The fourth-order valence-electron chi connectivity index (χ4n) is 2.20. The van der Waals surface area contributed by atoms with E-state index < -0.39 is 15.9 Å². The molecule has 24 heavy (non-hydrogen) atoms. The van der Waals surface area contributed by atoms with Gasteiger partial charge in [0.2, 0.25) is 10.0 Å². The Morgan fingerprint density at radius 2 is 2.04 bits per heavy atom. The van der Waals surface area contributed by atoms with Crippen LogP contribution < -0.4 is 10.0 Å². The van der Waals surface area contributed by atoms with Crippen LogP contribution in [0.3, 0.4) is 0 Å². The van der Waals surface area contributed by atoms with Crippen molar-refractivity contribution in [2.75, 3.05) is 5.32 Å². The van der Waals surface area contributed by atoms with E-state index >= 15 is 0 Å². The number of carbonyl (C=O) groups excluding carboxylic acids is 1. The van der Waals surface area contributed by atoms with E-state index in [9.17, 15) is 13.2 Å². The van der Waals surface area contributed by atoms with Crippen molar-refractivity contribution in [3.63, 3.8) is 0 Å². The summed E-state index contributed by atoms with van der Waals surface area (Å²) in [5, 5.41) is 11.6. The number of sulfonamides is 1. The molecule has 2 aromatic rings. The van der Waals surface area contributed by atoms with Crippen LogP contribution in [0.15, 0.2) is 39.6 Å². The predicted octanol–water partition coefficient (Wildman–Crippen LogP) is 2.15. The molecule has 1 aromatic heterocycles. The van der Waals surface area contributed by atoms with Crippen molar-refractivity contribution >= 4 is 21.6 Å². The summed E-state index contributed by atoms with van der Waals surface area (Å²) in [5.74, 6) is -0.605. The summed E-state index contributed by atoms with van der Waals surface area (Å²) in [4.78, 5) is 12.2. The molecular weight excluding hydrogens is 330 g/mol. The Morgan fingerprint density at radius 1 is 1.33 bits per heavy atom. The number of hydrogen-bond donors (Lipinski definition) is 2. The Balaban J connectivity index is 1.84. The summed E-state index contributed by atoms with van der Waals surface area (Å²) in [5.41, 5.74) is 0.636. The molecule has 0 bridgehead atoms. The average Bonchev–Trinajstić information content (AvgIpc) is 3.24. The van der Waals surface area contributed by atoms with E-state index in [1.54, 1.807) is 24.3 Å². The van der Waals surface area contributed by atoms with Gasteiger partial charge in [-0.15, -0.1) is 0 Å². The van der Waals surface area contributed by atoms with Gasteiger partial charge in [0.1, 0.15) is 16.7 Å². The Hall–Kier alpha value is -2.63. The first kappa shape index (κ1) is 16.2. The van der Waals surface area contributed by atoms with Gasteiger partial charge >= 0.3 is 0 Å². The zero-order valence-corrected chi connectivity index (χ0v) is 13.7. The second-order valence-corrected chi connectivity index (χ2v) is 7.22. The van der Waals surface area contributed by atoms with Crippen molar-refractivity contribution < 1.29 is 17.6 Å². The molecule has 0 atom stereocenters. The quantitative estimate of drug-likeness (QED) is 0.862. The predicted molar refractivity (Wildman–Crippen MR) is 85.9 cm³/mol. The van der Waals surface area contributed by atoms with Crippen molar-refractivity contribution in [1.29, 1.82) is 5.26 Å². The van der Waals surface area contributed by atoms with Gasteiger partial charge in [0.25, 0.3) is 5.91 Å². The van der Waals surface area contributed by atoms with E-state index in [0.717, 1.165) is 12.8 Å². The molecule has 0 saturated heterocycles. The Bertz CT molecular complexity index is 936. The third-order valence-electron chi connectivity index (χ3n) is 3.58. The van der Waals surface area contributed by atoms with Gasteiger partial charge in [-0.25, -0.2) is 13.1 Å². The van der Waals surface area contributed by atoms with Crippen LogP contribution in [0.4, 0.5) is 5.69 Å². The zero-order chi connectivity index (χ0) is 17.3. The van der Waals surface area contributed by atoms with Gasteiger partial charge in [0, 0.05) is 12.1 Å². The highest BCUT2D eigenvalue weighted by Gasteiger charge is 2.31. The van der Waals surface area contributed by atoms with Crippen molar-refractivity contribution in [1.82, 2.24) is 4.72 Å². The number of amides is 1. The summed E-state index contributed by atoms with van der Waals surface area (Å²) in [6, 6.07) is 9.64. The van der Waals surface area contributed by atoms with Crippen molar-refractivity contribution in [2.45, 2.75) is 30.7 Å². The molecule has 7 nitrogen and oxygen atoms in total. The summed E-state index contributed by atoms with van der Waals surface area (Å²) in [6.45, 7) is 1.49. The first-order chi connectivity index (χ1) is 11.4. The van der Waals surface area contributed by atoms with Gasteiger partial charge in [-0.3, -0.25) is 4.79 Å². The Labute approximate surface area is 139 Å². The highest BCUT2D eigenvalue weighted by Crippen LogP contribution is 2.26. The zero-order valence-electron chi connectivity index (χ0n) is 12.9. The van der Waals surface area contributed by atoms with E-state index in [2.05, 4.69) is 10.0 Å². The lowest BCUT2D eigenvalue weighted by Crippen LogP contribution is -2.25. The maximum Gasteiger partial charge on any atom is 0.291 e. The van der Waals surface area contributed by atoms with E-state index in [0.29, 0.717) is 11.3 Å². The molecule has 1 heterocycles. The summed E-state index contributed by atoms with van der Waals surface area (Å²) in [6.07, 6.45) is 1.63. The van der Waals surface area contributed by atoms with E-state index in [-0.39, 0.29) is 22.5 Å². The van der Waals surface area contributed by atoms with Crippen LogP contribution in [0.25, 0.3) is 0 Å². The molecule has 0 unspecified atom stereocenters. The van der Waals surface area contributed by atoms with E-state index in [1.165, 1.54) is 13.0 Å². The molecule has 1 aromatic carbocycles. The Kier molecular flexibility index (Phi) is 4.13. The minimum Gasteiger partial charge on any atom is -0.455 e. The molecule has 124 valence electrons. The third kappa shape index (κ3) is 3.32. The number of hydrogen-bond acceptors (Lipinski definition) is 5. The fourth-order valence-corrected chi connectivity index (χ4v) is 3.69. The maximum absolute atomic E-state index is 12.3. The molecule has 1 aliphatic carbocycles. The second kappa shape index (κ2) is 6.11. The van der Waals surface area contributed by atoms with Crippen LogP contribution in [-0.4, -0.2) is 20.4 Å². The van der Waals surface area contributed by atoms with Gasteiger partial charge in [-0.05, 0) is 31.9 Å². The molecule has 0 aliphatic heterocycles. The van der Waals surface area contributed by atoms with Crippen molar-refractivity contribution in [2.24, 2.45) is 0 Å². The van der Waals surface area contributed by atoms with Crippen LogP contribution in [0.1, 0.15) is 34.7 Å². The number of carbonyl (C=O) groups is 1. The smallest absolute Gasteiger partial charge is 0.291 e. The van der Waals surface area contributed by atoms with E-state index in [4.69, 9.17) is 9.68 Å². The molecule has 0 spiro atoms.